The van der Waals surface area contributed by atoms with E-state index in [1.807, 2.05) is 13.8 Å². The Morgan fingerprint density at radius 2 is 1.60 bits per heavy atom. The van der Waals surface area contributed by atoms with Gasteiger partial charge in [-0.3, -0.25) is 24.0 Å². The van der Waals surface area contributed by atoms with E-state index >= 15 is 0 Å². The second-order valence-corrected chi connectivity index (χ2v) is 8.68. The van der Waals surface area contributed by atoms with Crippen LogP contribution in [0.5, 0.6) is 0 Å². The van der Waals surface area contributed by atoms with Crippen molar-refractivity contribution in [3.8, 4) is 0 Å². The van der Waals surface area contributed by atoms with Crippen LogP contribution in [0.3, 0.4) is 0 Å². The van der Waals surface area contributed by atoms with Gasteiger partial charge in [0.2, 0.25) is 23.6 Å². The molecule has 2 atom stereocenters. The van der Waals surface area contributed by atoms with Gasteiger partial charge >= 0.3 is 5.97 Å². The van der Waals surface area contributed by atoms with E-state index in [0.29, 0.717) is 0 Å². The largest absolute Gasteiger partial charge is 0.481 e. The molecule has 30 heavy (non-hydrogen) atoms. The van der Waals surface area contributed by atoms with E-state index in [2.05, 4.69) is 16.0 Å². The van der Waals surface area contributed by atoms with Gasteiger partial charge in [-0.05, 0) is 18.8 Å². The minimum Gasteiger partial charge on any atom is -0.481 e. The molecule has 0 saturated carbocycles. The molecule has 0 heterocycles. The van der Waals surface area contributed by atoms with Crippen molar-refractivity contribution in [3.63, 3.8) is 0 Å². The highest BCUT2D eigenvalue weighted by atomic mass is 32.2. The molecular weight excluding hydrogens is 412 g/mol. The number of nitrogens with one attached hydrogen (secondary N) is 3. The molecule has 0 aromatic rings. The second-order valence-electron chi connectivity index (χ2n) is 7.17. The third-order valence-corrected chi connectivity index (χ3v) is 6.07. The van der Waals surface area contributed by atoms with Crippen molar-refractivity contribution in [2.45, 2.75) is 69.9 Å². The molecule has 11 heteroatoms. The first-order valence-corrected chi connectivity index (χ1v) is 11.0. The molecule has 0 radical (unpaired) electrons. The number of nitrogens with two attached hydrogens (primary N) is 1. The van der Waals surface area contributed by atoms with E-state index in [-0.39, 0.29) is 37.1 Å². The predicted octanol–water partition coefficient (Wildman–Crippen LogP) is 0.000100. The van der Waals surface area contributed by atoms with Crippen LogP contribution in [0.4, 0.5) is 0 Å². The molecule has 0 aromatic carbocycles. The maximum atomic E-state index is 12.3. The highest BCUT2D eigenvalue weighted by molar-refractivity contribution is 8.01. The van der Waals surface area contributed by atoms with E-state index in [0.717, 1.165) is 12.8 Å². The van der Waals surface area contributed by atoms with Gasteiger partial charge in [-0.1, -0.05) is 27.7 Å². The summed E-state index contributed by atoms with van der Waals surface area (Å²) in [5.41, 5.74) is 5.23. The van der Waals surface area contributed by atoms with Gasteiger partial charge < -0.3 is 26.8 Å². The lowest BCUT2D eigenvalue weighted by Crippen LogP contribution is -2.48. The zero-order valence-electron chi connectivity index (χ0n) is 18.0. The number of aliphatic carboxylic acids is 1. The van der Waals surface area contributed by atoms with E-state index in [1.54, 1.807) is 13.8 Å². The SMILES string of the molecule is CCC(CC)SC(CC(=O)O)C(=O)NCC(=O)NCCC(=O)N[C@H](C(N)=O)C(C)C. The normalized spacial score (nSPS) is 12.9. The Morgan fingerprint density at radius 1 is 1.00 bits per heavy atom. The summed E-state index contributed by atoms with van der Waals surface area (Å²) in [5.74, 6) is -3.32. The number of carboxylic acid groups (broad SMARTS) is 1. The van der Waals surface area contributed by atoms with Gasteiger partial charge in [0.05, 0.1) is 18.2 Å². The van der Waals surface area contributed by atoms with Crippen molar-refractivity contribution in [3.05, 3.63) is 0 Å². The van der Waals surface area contributed by atoms with Gasteiger partial charge in [0.1, 0.15) is 6.04 Å². The first-order valence-electron chi connectivity index (χ1n) is 10.0. The van der Waals surface area contributed by atoms with Crippen LogP contribution in [0.1, 0.15) is 53.4 Å². The molecule has 4 amide bonds. The molecule has 0 aliphatic rings. The quantitative estimate of drug-likeness (QED) is 0.236. The van der Waals surface area contributed by atoms with Crippen molar-refractivity contribution >= 4 is 41.4 Å². The van der Waals surface area contributed by atoms with Crippen molar-refractivity contribution in [1.29, 1.82) is 0 Å². The smallest absolute Gasteiger partial charge is 0.305 e. The topological polar surface area (TPSA) is 168 Å². The van der Waals surface area contributed by atoms with Gasteiger partial charge in [0, 0.05) is 18.2 Å². The van der Waals surface area contributed by atoms with E-state index < -0.39 is 40.9 Å². The van der Waals surface area contributed by atoms with Gasteiger partial charge in [-0.25, -0.2) is 0 Å². The van der Waals surface area contributed by atoms with Gasteiger partial charge in [-0.2, -0.15) is 0 Å². The second kappa shape index (κ2) is 14.6. The van der Waals surface area contributed by atoms with Crippen LogP contribution in [-0.4, -0.2) is 64.3 Å². The maximum Gasteiger partial charge on any atom is 0.305 e. The van der Waals surface area contributed by atoms with Crippen molar-refractivity contribution in [2.75, 3.05) is 13.1 Å². The van der Waals surface area contributed by atoms with Crippen LogP contribution in [0.2, 0.25) is 0 Å². The Balaban J connectivity index is 4.43. The minimum atomic E-state index is -1.08. The third-order valence-electron chi connectivity index (χ3n) is 4.31. The third kappa shape index (κ3) is 11.6. The first-order chi connectivity index (χ1) is 14.0. The van der Waals surface area contributed by atoms with E-state index in [1.165, 1.54) is 11.8 Å². The molecule has 0 rings (SSSR count). The van der Waals surface area contributed by atoms with E-state index in [4.69, 9.17) is 10.8 Å². The van der Waals surface area contributed by atoms with Gasteiger partial charge in [-0.15, -0.1) is 11.8 Å². The molecule has 1 unspecified atom stereocenters. The average Bonchev–Trinajstić information content (AvgIpc) is 2.66. The van der Waals surface area contributed by atoms with Crippen LogP contribution >= 0.6 is 11.8 Å². The molecule has 0 aromatic heterocycles. The molecule has 0 bridgehead atoms. The summed E-state index contributed by atoms with van der Waals surface area (Å²) in [6.45, 7) is 7.13. The summed E-state index contributed by atoms with van der Waals surface area (Å²) in [6.07, 6.45) is 1.23. The lowest BCUT2D eigenvalue weighted by atomic mass is 10.0. The summed E-state index contributed by atoms with van der Waals surface area (Å²) in [7, 11) is 0. The molecular formula is C19H34N4O6S. The lowest BCUT2D eigenvalue weighted by molar-refractivity contribution is -0.138. The van der Waals surface area contributed by atoms with E-state index in [9.17, 15) is 24.0 Å². The number of hydrogen-bond donors (Lipinski definition) is 5. The Bertz CT molecular complexity index is 610. The Labute approximate surface area is 181 Å². The molecule has 0 fully saturated rings. The van der Waals surface area contributed by atoms with Crippen LogP contribution in [0.15, 0.2) is 0 Å². The number of rotatable bonds is 15. The van der Waals surface area contributed by atoms with Crippen molar-refractivity contribution < 1.29 is 29.1 Å². The number of amides is 4. The number of carbonyl (C=O) groups is 5. The van der Waals surface area contributed by atoms with Crippen molar-refractivity contribution in [2.24, 2.45) is 11.7 Å². The average molecular weight is 447 g/mol. The molecule has 10 nitrogen and oxygen atoms in total. The summed E-state index contributed by atoms with van der Waals surface area (Å²) >= 11 is 1.29. The summed E-state index contributed by atoms with van der Waals surface area (Å²) in [4.78, 5) is 58.4. The van der Waals surface area contributed by atoms with Gasteiger partial charge in [0.25, 0.3) is 0 Å². The van der Waals surface area contributed by atoms with Crippen LogP contribution in [0, 0.1) is 5.92 Å². The van der Waals surface area contributed by atoms with Crippen LogP contribution in [-0.2, 0) is 24.0 Å². The zero-order valence-corrected chi connectivity index (χ0v) is 18.8. The Hall–Kier alpha value is -2.30. The minimum absolute atomic E-state index is 0.0190. The highest BCUT2D eigenvalue weighted by Crippen LogP contribution is 2.25. The monoisotopic (exact) mass is 446 g/mol. The van der Waals surface area contributed by atoms with Crippen LogP contribution < -0.4 is 21.7 Å². The number of primary amides is 1. The summed E-state index contributed by atoms with van der Waals surface area (Å²) in [6, 6.07) is -0.786. The lowest BCUT2D eigenvalue weighted by Gasteiger charge is -2.20. The van der Waals surface area contributed by atoms with Crippen molar-refractivity contribution in [1.82, 2.24) is 16.0 Å². The fourth-order valence-corrected chi connectivity index (χ4v) is 3.84. The van der Waals surface area contributed by atoms with Gasteiger partial charge in [0.15, 0.2) is 0 Å². The predicted molar refractivity (Wildman–Crippen MR) is 115 cm³/mol. The molecule has 0 aliphatic carbocycles. The maximum absolute atomic E-state index is 12.3. The number of hydrogen-bond acceptors (Lipinski definition) is 6. The number of carbonyl (C=O) groups excluding carboxylic acids is 4. The molecule has 172 valence electrons. The Morgan fingerprint density at radius 3 is 2.07 bits per heavy atom. The molecule has 0 saturated heterocycles. The Kier molecular flexibility index (Phi) is 13.5. The fourth-order valence-electron chi connectivity index (χ4n) is 2.55. The standard InChI is InChI=1S/C19H34N4O6S/c1-5-12(6-2)30-13(9-16(26)27)19(29)22-10-15(25)21-8-7-14(24)23-17(11(3)4)18(20)28/h11-13,17H,5-10H2,1-4H3,(H2,20,28)(H,21,25)(H,22,29)(H,23,24)(H,26,27)/t13?,17-/m0/s1. The summed E-state index contributed by atoms with van der Waals surface area (Å²) < 4.78 is 0. The highest BCUT2D eigenvalue weighted by Gasteiger charge is 2.25. The fraction of sp³-hybridized carbons (Fsp3) is 0.737. The number of carboxylic acids is 1. The molecule has 6 N–H and O–H groups in total. The molecule has 0 spiro atoms. The summed E-state index contributed by atoms with van der Waals surface area (Å²) in [5, 5.41) is 15.8. The first kappa shape index (κ1) is 27.7. The van der Waals surface area contributed by atoms with Crippen LogP contribution in [0.25, 0.3) is 0 Å². The zero-order chi connectivity index (χ0) is 23.3. The number of thioether (sulfide) groups is 1. The molecule has 0 aliphatic heterocycles.